The molecule has 1 aromatic carbocycles. The van der Waals surface area contributed by atoms with Crippen molar-refractivity contribution in [3.63, 3.8) is 0 Å². The van der Waals surface area contributed by atoms with E-state index in [2.05, 4.69) is 20.6 Å². The summed E-state index contributed by atoms with van der Waals surface area (Å²) in [6.45, 7) is 2.23. The highest BCUT2D eigenvalue weighted by atomic mass is 19.4. The summed E-state index contributed by atoms with van der Waals surface area (Å²) in [5, 5.41) is 5.56. The number of imidazole rings is 1. The molecule has 152 valence electrons. The summed E-state index contributed by atoms with van der Waals surface area (Å²) in [7, 11) is 0. The number of rotatable bonds is 7. The number of pyridine rings is 1. The summed E-state index contributed by atoms with van der Waals surface area (Å²) in [6.07, 6.45) is 2.23. The molecule has 2 aromatic heterocycles. The van der Waals surface area contributed by atoms with Crippen molar-refractivity contribution in [3.8, 4) is 5.82 Å². The minimum Gasteiger partial charge on any atom is -0.325 e. The first-order valence-electron chi connectivity index (χ1n) is 8.96. The molecule has 6 nitrogen and oxygen atoms in total. The number of hydrogen-bond acceptors (Lipinski definition) is 4. The topological polar surface area (TPSA) is 71.8 Å². The summed E-state index contributed by atoms with van der Waals surface area (Å²) in [5.41, 5.74) is -0.207. The second-order valence-electron chi connectivity index (χ2n) is 6.53. The largest absolute Gasteiger partial charge is 0.418 e. The second kappa shape index (κ2) is 8.87. The standard InChI is InChI=1S/C20H20F3N5O/c1-14(11-18(29)27-17-7-3-2-6-16(17)20(21,22)23)26-12-15-5-4-8-25-19(15)28-10-9-24-13-28/h2-10,13-14,26H,11-12H2,1H3,(H,27,29). The van der Waals surface area contributed by atoms with Gasteiger partial charge in [-0.2, -0.15) is 13.2 Å². The number of benzene rings is 1. The Bertz CT molecular complexity index is 957. The molecule has 1 atom stereocenters. The smallest absolute Gasteiger partial charge is 0.325 e. The Morgan fingerprint density at radius 2 is 1.97 bits per heavy atom. The van der Waals surface area contributed by atoms with Gasteiger partial charge in [0.2, 0.25) is 5.91 Å². The van der Waals surface area contributed by atoms with E-state index in [0.29, 0.717) is 12.4 Å². The summed E-state index contributed by atoms with van der Waals surface area (Å²) >= 11 is 0. The number of halogens is 3. The first kappa shape index (κ1) is 20.5. The van der Waals surface area contributed by atoms with Crippen molar-refractivity contribution in [3.05, 3.63) is 72.4 Å². The molecule has 0 bridgehead atoms. The number of amides is 1. The molecule has 29 heavy (non-hydrogen) atoms. The van der Waals surface area contributed by atoms with Crippen LogP contribution in [0.25, 0.3) is 5.82 Å². The monoisotopic (exact) mass is 403 g/mol. The van der Waals surface area contributed by atoms with E-state index in [4.69, 9.17) is 0 Å². The van der Waals surface area contributed by atoms with Crippen LogP contribution in [0.1, 0.15) is 24.5 Å². The number of anilines is 1. The Balaban J connectivity index is 1.59. The van der Waals surface area contributed by atoms with Crippen LogP contribution < -0.4 is 10.6 Å². The summed E-state index contributed by atoms with van der Waals surface area (Å²) in [5.74, 6) is 0.218. The molecule has 3 rings (SSSR count). The van der Waals surface area contributed by atoms with Gasteiger partial charge in [0.25, 0.3) is 0 Å². The predicted molar refractivity (Wildman–Crippen MR) is 102 cm³/mol. The number of alkyl halides is 3. The zero-order valence-electron chi connectivity index (χ0n) is 15.6. The molecule has 2 heterocycles. The Labute approximate surface area is 165 Å². The van der Waals surface area contributed by atoms with Crippen molar-refractivity contribution >= 4 is 11.6 Å². The highest BCUT2D eigenvalue weighted by Gasteiger charge is 2.33. The molecule has 0 saturated heterocycles. The fourth-order valence-electron chi connectivity index (χ4n) is 2.86. The third-order valence-corrected chi connectivity index (χ3v) is 4.26. The van der Waals surface area contributed by atoms with Crippen LogP contribution in [-0.2, 0) is 17.5 Å². The lowest BCUT2D eigenvalue weighted by atomic mass is 10.1. The molecule has 3 aromatic rings. The van der Waals surface area contributed by atoms with Crippen LogP contribution in [0.4, 0.5) is 18.9 Å². The van der Waals surface area contributed by atoms with Gasteiger partial charge in [-0.1, -0.05) is 18.2 Å². The molecule has 0 spiro atoms. The quantitative estimate of drug-likeness (QED) is 0.630. The van der Waals surface area contributed by atoms with Gasteiger partial charge in [0.1, 0.15) is 12.1 Å². The zero-order chi connectivity index (χ0) is 20.9. The third kappa shape index (κ3) is 5.41. The molecule has 1 amide bonds. The Morgan fingerprint density at radius 1 is 1.17 bits per heavy atom. The van der Waals surface area contributed by atoms with Gasteiger partial charge in [-0.3, -0.25) is 9.36 Å². The van der Waals surface area contributed by atoms with Crippen molar-refractivity contribution in [2.24, 2.45) is 0 Å². The van der Waals surface area contributed by atoms with Crippen molar-refractivity contribution in [2.45, 2.75) is 32.1 Å². The first-order chi connectivity index (χ1) is 13.8. The molecule has 0 fully saturated rings. The molecule has 0 aliphatic rings. The molecule has 1 unspecified atom stereocenters. The van der Waals surface area contributed by atoms with E-state index in [1.807, 2.05) is 12.1 Å². The van der Waals surface area contributed by atoms with E-state index in [9.17, 15) is 18.0 Å². The summed E-state index contributed by atoms with van der Waals surface area (Å²) in [4.78, 5) is 20.6. The van der Waals surface area contributed by atoms with E-state index in [1.165, 1.54) is 18.2 Å². The van der Waals surface area contributed by atoms with Gasteiger partial charge in [-0.15, -0.1) is 0 Å². The maximum absolute atomic E-state index is 13.0. The lowest BCUT2D eigenvalue weighted by molar-refractivity contribution is -0.137. The first-order valence-corrected chi connectivity index (χ1v) is 8.96. The molecule has 2 N–H and O–H groups in total. The van der Waals surface area contributed by atoms with Crippen LogP contribution in [0, 0.1) is 0 Å². The molecule has 0 aliphatic heterocycles. The Kier molecular flexibility index (Phi) is 6.28. The zero-order valence-corrected chi connectivity index (χ0v) is 15.6. The van der Waals surface area contributed by atoms with Crippen molar-refractivity contribution < 1.29 is 18.0 Å². The highest BCUT2D eigenvalue weighted by Crippen LogP contribution is 2.34. The van der Waals surface area contributed by atoms with Gasteiger partial charge in [-0.05, 0) is 25.1 Å². The van der Waals surface area contributed by atoms with E-state index < -0.39 is 17.6 Å². The number of nitrogens with one attached hydrogen (secondary N) is 2. The van der Waals surface area contributed by atoms with Crippen LogP contribution in [-0.4, -0.2) is 26.5 Å². The normalized spacial score (nSPS) is 12.6. The van der Waals surface area contributed by atoms with Gasteiger partial charge >= 0.3 is 6.18 Å². The van der Waals surface area contributed by atoms with Crippen molar-refractivity contribution in [1.29, 1.82) is 0 Å². The minimum absolute atomic E-state index is 0.0207. The second-order valence-corrected chi connectivity index (χ2v) is 6.53. The summed E-state index contributed by atoms with van der Waals surface area (Å²) < 4.78 is 40.9. The molecule has 0 aliphatic carbocycles. The number of aromatic nitrogens is 3. The number of para-hydroxylation sites is 1. The van der Waals surface area contributed by atoms with Crippen LogP contribution in [0.2, 0.25) is 0 Å². The molecule has 0 radical (unpaired) electrons. The van der Waals surface area contributed by atoms with Crippen LogP contribution in [0.15, 0.2) is 61.3 Å². The lowest BCUT2D eigenvalue weighted by Crippen LogP contribution is -2.31. The van der Waals surface area contributed by atoms with Gasteiger partial charge in [0.15, 0.2) is 0 Å². The number of nitrogens with zero attached hydrogens (tertiary/aromatic N) is 3. The van der Waals surface area contributed by atoms with E-state index in [0.717, 1.165) is 11.6 Å². The maximum atomic E-state index is 13.0. The fourth-order valence-corrected chi connectivity index (χ4v) is 2.86. The Morgan fingerprint density at radius 3 is 2.69 bits per heavy atom. The predicted octanol–water partition coefficient (Wildman–Crippen LogP) is 3.79. The van der Waals surface area contributed by atoms with Gasteiger partial charge in [0.05, 0.1) is 11.3 Å². The number of carbonyl (C=O) groups is 1. The molecular formula is C20H20F3N5O. The van der Waals surface area contributed by atoms with Gasteiger partial charge in [-0.25, -0.2) is 9.97 Å². The molecular weight excluding hydrogens is 383 g/mol. The molecule has 9 heteroatoms. The summed E-state index contributed by atoms with van der Waals surface area (Å²) in [6, 6.07) is 8.37. The third-order valence-electron chi connectivity index (χ3n) is 4.26. The van der Waals surface area contributed by atoms with E-state index in [-0.39, 0.29) is 18.2 Å². The van der Waals surface area contributed by atoms with Gasteiger partial charge < -0.3 is 10.6 Å². The average Bonchev–Trinajstić information content (AvgIpc) is 3.20. The van der Waals surface area contributed by atoms with Crippen molar-refractivity contribution in [1.82, 2.24) is 19.9 Å². The van der Waals surface area contributed by atoms with E-state index in [1.54, 1.807) is 36.4 Å². The van der Waals surface area contributed by atoms with Crippen LogP contribution >= 0.6 is 0 Å². The Hall–Kier alpha value is -3.20. The van der Waals surface area contributed by atoms with Gasteiger partial charge in [0, 0.05) is 43.2 Å². The van der Waals surface area contributed by atoms with Crippen LogP contribution in [0.3, 0.4) is 0 Å². The van der Waals surface area contributed by atoms with Crippen molar-refractivity contribution in [2.75, 3.05) is 5.32 Å². The SMILES string of the molecule is CC(CC(=O)Nc1ccccc1C(F)(F)F)NCc1cccnc1-n1ccnc1. The maximum Gasteiger partial charge on any atom is 0.418 e. The lowest BCUT2D eigenvalue weighted by Gasteiger charge is -2.17. The number of carbonyl (C=O) groups excluding carboxylic acids is 1. The fraction of sp³-hybridized carbons (Fsp3) is 0.250. The minimum atomic E-state index is -4.53. The molecule has 0 saturated carbocycles. The average molecular weight is 403 g/mol. The highest BCUT2D eigenvalue weighted by molar-refractivity contribution is 5.92. The number of hydrogen-bond donors (Lipinski definition) is 2. The van der Waals surface area contributed by atoms with Crippen LogP contribution in [0.5, 0.6) is 0 Å². The van der Waals surface area contributed by atoms with E-state index >= 15 is 0 Å².